The Balaban J connectivity index is 2.16. The molecule has 0 bridgehead atoms. The molecule has 1 aliphatic heterocycles. The third-order valence-corrected chi connectivity index (χ3v) is 4.34. The number of benzene rings is 1. The van der Waals surface area contributed by atoms with Gasteiger partial charge in [0.1, 0.15) is 5.82 Å². The van der Waals surface area contributed by atoms with Crippen LogP contribution in [0.5, 0.6) is 0 Å². The van der Waals surface area contributed by atoms with Crippen LogP contribution >= 0.6 is 0 Å². The van der Waals surface area contributed by atoms with E-state index in [1.54, 1.807) is 0 Å². The number of nitrogens with one attached hydrogen (secondary N) is 2. The summed E-state index contributed by atoms with van der Waals surface area (Å²) in [7, 11) is 0. The quantitative estimate of drug-likeness (QED) is 0.851. The Bertz CT molecular complexity index is 577. The largest absolute Gasteiger partial charge is 0.341 e. The van der Waals surface area contributed by atoms with Crippen LogP contribution in [0.15, 0.2) is 12.1 Å². The Morgan fingerprint density at radius 1 is 1.33 bits per heavy atom. The highest BCUT2D eigenvalue weighted by atomic mass is 15.0. The maximum Gasteiger partial charge on any atom is 0.114 e. The van der Waals surface area contributed by atoms with Crippen molar-refractivity contribution in [3.05, 3.63) is 29.1 Å². The zero-order chi connectivity index (χ0) is 12.8. The Morgan fingerprint density at radius 2 is 2.17 bits per heavy atom. The average molecular weight is 243 g/mol. The zero-order valence-corrected chi connectivity index (χ0v) is 11.4. The van der Waals surface area contributed by atoms with Gasteiger partial charge in [-0.15, -0.1) is 0 Å². The lowest BCUT2D eigenvalue weighted by Gasteiger charge is -2.23. The summed E-state index contributed by atoms with van der Waals surface area (Å²) in [6.45, 7) is 8.69. The minimum Gasteiger partial charge on any atom is -0.341 e. The molecule has 2 N–H and O–H groups in total. The van der Waals surface area contributed by atoms with Crippen molar-refractivity contribution in [2.24, 2.45) is 0 Å². The molecule has 0 saturated carbocycles. The van der Waals surface area contributed by atoms with Crippen molar-refractivity contribution in [2.75, 3.05) is 13.1 Å². The van der Waals surface area contributed by atoms with Gasteiger partial charge in [0.15, 0.2) is 0 Å². The van der Waals surface area contributed by atoms with Crippen molar-refractivity contribution >= 4 is 11.0 Å². The highest BCUT2D eigenvalue weighted by Crippen LogP contribution is 2.33. The van der Waals surface area contributed by atoms with Crippen LogP contribution in [0.1, 0.15) is 36.7 Å². The van der Waals surface area contributed by atoms with Gasteiger partial charge in [-0.05, 0) is 50.4 Å². The molecule has 1 aromatic heterocycles. The summed E-state index contributed by atoms with van der Waals surface area (Å²) in [5.41, 5.74) is 5.09. The Morgan fingerprint density at radius 3 is 2.83 bits per heavy atom. The van der Waals surface area contributed by atoms with Gasteiger partial charge in [-0.1, -0.05) is 13.0 Å². The predicted octanol–water partition coefficient (Wildman–Crippen LogP) is 2.82. The summed E-state index contributed by atoms with van der Waals surface area (Å²) in [6, 6.07) is 4.41. The molecule has 3 rings (SSSR count). The van der Waals surface area contributed by atoms with Crippen LogP contribution in [0.4, 0.5) is 0 Å². The van der Waals surface area contributed by atoms with E-state index in [1.165, 1.54) is 28.9 Å². The van der Waals surface area contributed by atoms with Gasteiger partial charge in [0.25, 0.3) is 0 Å². The summed E-state index contributed by atoms with van der Waals surface area (Å²) in [5, 5.41) is 3.47. The first-order chi connectivity index (χ1) is 8.64. The van der Waals surface area contributed by atoms with Crippen LogP contribution in [0.3, 0.4) is 0 Å². The van der Waals surface area contributed by atoms with Crippen LogP contribution in [-0.2, 0) is 5.41 Å². The fourth-order valence-corrected chi connectivity index (χ4v) is 3.14. The molecule has 0 aliphatic carbocycles. The van der Waals surface area contributed by atoms with Crippen molar-refractivity contribution in [2.45, 2.75) is 39.0 Å². The molecule has 2 heterocycles. The molecule has 1 atom stereocenters. The number of hydrogen-bond donors (Lipinski definition) is 2. The standard InChI is InChI=1S/C15H21N3/c1-4-15(5-6-16-9-15)14-17-12-8-10(2)7-11(3)13(12)18-14/h7-8,16H,4-6,9H2,1-3H3,(H,17,18). The second kappa shape index (κ2) is 4.09. The molecule has 1 aliphatic rings. The fourth-order valence-electron chi connectivity index (χ4n) is 3.14. The predicted molar refractivity (Wildman–Crippen MR) is 75.0 cm³/mol. The summed E-state index contributed by atoms with van der Waals surface area (Å²) in [6.07, 6.45) is 2.32. The monoisotopic (exact) mass is 243 g/mol. The van der Waals surface area contributed by atoms with E-state index in [4.69, 9.17) is 4.98 Å². The molecule has 0 spiro atoms. The van der Waals surface area contributed by atoms with Gasteiger partial charge in [0, 0.05) is 12.0 Å². The Kier molecular flexibility index (Phi) is 2.67. The van der Waals surface area contributed by atoms with Crippen molar-refractivity contribution in [1.29, 1.82) is 0 Å². The number of aromatic amines is 1. The van der Waals surface area contributed by atoms with Crippen LogP contribution < -0.4 is 5.32 Å². The summed E-state index contributed by atoms with van der Waals surface area (Å²) >= 11 is 0. The van der Waals surface area contributed by atoms with Gasteiger partial charge < -0.3 is 10.3 Å². The van der Waals surface area contributed by atoms with Crippen molar-refractivity contribution in [3.63, 3.8) is 0 Å². The van der Waals surface area contributed by atoms with Crippen molar-refractivity contribution < 1.29 is 0 Å². The number of rotatable bonds is 2. The van der Waals surface area contributed by atoms with Gasteiger partial charge in [0.05, 0.1) is 11.0 Å². The van der Waals surface area contributed by atoms with E-state index < -0.39 is 0 Å². The topological polar surface area (TPSA) is 40.7 Å². The lowest BCUT2D eigenvalue weighted by molar-refractivity contribution is 0.430. The number of aryl methyl sites for hydroxylation is 2. The molecular weight excluding hydrogens is 222 g/mol. The highest BCUT2D eigenvalue weighted by Gasteiger charge is 2.36. The van der Waals surface area contributed by atoms with Crippen LogP contribution in [-0.4, -0.2) is 23.1 Å². The van der Waals surface area contributed by atoms with E-state index >= 15 is 0 Å². The van der Waals surface area contributed by atoms with Gasteiger partial charge >= 0.3 is 0 Å². The highest BCUT2D eigenvalue weighted by molar-refractivity contribution is 5.79. The van der Waals surface area contributed by atoms with E-state index in [-0.39, 0.29) is 5.41 Å². The molecule has 1 saturated heterocycles. The average Bonchev–Trinajstić information content (AvgIpc) is 2.94. The van der Waals surface area contributed by atoms with Crippen LogP contribution in [0.2, 0.25) is 0 Å². The molecule has 0 radical (unpaired) electrons. The molecule has 96 valence electrons. The molecule has 1 aromatic carbocycles. The smallest absolute Gasteiger partial charge is 0.114 e. The number of fused-ring (bicyclic) bond motifs is 1. The minimum absolute atomic E-state index is 0.208. The molecule has 1 fully saturated rings. The van der Waals surface area contributed by atoms with E-state index in [2.05, 4.69) is 43.2 Å². The third kappa shape index (κ3) is 1.65. The fraction of sp³-hybridized carbons (Fsp3) is 0.533. The van der Waals surface area contributed by atoms with Gasteiger partial charge in [-0.2, -0.15) is 0 Å². The summed E-state index contributed by atoms with van der Waals surface area (Å²) in [5.74, 6) is 1.17. The molecular formula is C15H21N3. The lowest BCUT2D eigenvalue weighted by atomic mass is 9.83. The van der Waals surface area contributed by atoms with Crippen molar-refractivity contribution in [3.8, 4) is 0 Å². The number of hydrogen-bond acceptors (Lipinski definition) is 2. The lowest BCUT2D eigenvalue weighted by Crippen LogP contribution is -2.29. The minimum atomic E-state index is 0.208. The maximum absolute atomic E-state index is 4.88. The molecule has 3 heteroatoms. The maximum atomic E-state index is 4.88. The van der Waals surface area contributed by atoms with Crippen molar-refractivity contribution in [1.82, 2.24) is 15.3 Å². The van der Waals surface area contributed by atoms with E-state index in [0.717, 1.165) is 25.0 Å². The first kappa shape index (κ1) is 11.7. The number of aromatic nitrogens is 2. The second-order valence-corrected chi connectivity index (χ2v) is 5.62. The summed E-state index contributed by atoms with van der Waals surface area (Å²) in [4.78, 5) is 8.44. The summed E-state index contributed by atoms with van der Waals surface area (Å²) < 4.78 is 0. The molecule has 3 nitrogen and oxygen atoms in total. The van der Waals surface area contributed by atoms with E-state index in [9.17, 15) is 0 Å². The Labute approximate surface area is 108 Å². The van der Waals surface area contributed by atoms with Gasteiger partial charge in [-0.3, -0.25) is 0 Å². The van der Waals surface area contributed by atoms with Crippen LogP contribution in [0.25, 0.3) is 11.0 Å². The molecule has 2 aromatic rings. The van der Waals surface area contributed by atoms with Gasteiger partial charge in [0.2, 0.25) is 0 Å². The molecule has 18 heavy (non-hydrogen) atoms. The SMILES string of the molecule is CCC1(c2nc3c(C)cc(C)cc3[nH]2)CCNC1. The first-order valence-electron chi connectivity index (χ1n) is 6.83. The second-order valence-electron chi connectivity index (χ2n) is 5.62. The number of nitrogens with zero attached hydrogens (tertiary/aromatic N) is 1. The normalized spacial score (nSPS) is 23.9. The van der Waals surface area contributed by atoms with E-state index in [1.807, 2.05) is 0 Å². The van der Waals surface area contributed by atoms with Gasteiger partial charge in [-0.25, -0.2) is 4.98 Å². The Hall–Kier alpha value is -1.35. The molecule has 1 unspecified atom stereocenters. The zero-order valence-electron chi connectivity index (χ0n) is 11.4. The number of H-pyrrole nitrogens is 1. The first-order valence-corrected chi connectivity index (χ1v) is 6.83. The van der Waals surface area contributed by atoms with Crippen LogP contribution in [0, 0.1) is 13.8 Å². The number of imidazole rings is 1. The van der Waals surface area contributed by atoms with E-state index in [0.29, 0.717) is 0 Å². The third-order valence-electron chi connectivity index (χ3n) is 4.34. The molecule has 0 amide bonds.